The third kappa shape index (κ3) is 8.56. The zero-order valence-electron chi connectivity index (χ0n) is 23.7. The Hall–Kier alpha value is -2.07. The smallest absolute Gasteiger partial charge is 0.294 e. The first kappa shape index (κ1) is 35.4. The maximum Gasteiger partial charge on any atom is 0.294 e. The van der Waals surface area contributed by atoms with E-state index in [4.69, 9.17) is 41.3 Å². The van der Waals surface area contributed by atoms with E-state index in [0.29, 0.717) is 24.3 Å². The first-order valence-electron chi connectivity index (χ1n) is 13.9. The lowest BCUT2D eigenvalue weighted by Crippen LogP contribution is -2.68. The zero-order chi connectivity index (χ0) is 31.9. The average Bonchev–Trinajstić information content (AvgIpc) is 2.98. The minimum atomic E-state index is -3.94. The van der Waals surface area contributed by atoms with Crippen molar-refractivity contribution < 1.29 is 58.1 Å². The largest absolute Gasteiger partial charge is 0.515 e. The fraction of sp³-hybridized carbons (Fsp3) is 0.800. The van der Waals surface area contributed by atoms with Gasteiger partial charge in [-0.25, -0.2) is 8.78 Å². The van der Waals surface area contributed by atoms with Gasteiger partial charge in [0, 0.05) is 18.2 Å². The summed E-state index contributed by atoms with van der Waals surface area (Å²) >= 11 is 0. The number of nitrogens with one attached hydrogen (secondary N) is 3. The van der Waals surface area contributed by atoms with E-state index in [1.807, 2.05) is 0 Å². The molecule has 11 atom stereocenters. The van der Waals surface area contributed by atoms with Gasteiger partial charge in [-0.05, 0) is 26.0 Å². The fourth-order valence-electron chi connectivity index (χ4n) is 5.15. The molecule has 18 heteroatoms. The van der Waals surface area contributed by atoms with Crippen LogP contribution in [0.25, 0.3) is 0 Å². The molecule has 3 rings (SSSR count). The second-order valence-electron chi connectivity index (χ2n) is 10.7. The Balaban J connectivity index is 1.82. The first-order chi connectivity index (χ1) is 20.4. The Kier molecular flexibility index (Phi) is 13.0. The summed E-state index contributed by atoms with van der Waals surface area (Å²) in [5.74, 6) is -4.95. The van der Waals surface area contributed by atoms with Crippen LogP contribution in [0.15, 0.2) is 23.7 Å². The van der Waals surface area contributed by atoms with Crippen molar-refractivity contribution in [2.75, 3.05) is 39.9 Å². The number of ether oxygens (including phenoxy) is 4. The molecule has 1 amide bonds. The first-order valence-corrected chi connectivity index (χ1v) is 13.9. The molecule has 1 aliphatic carbocycles. The molecule has 0 spiro atoms. The van der Waals surface area contributed by atoms with Crippen molar-refractivity contribution in [1.29, 1.82) is 0 Å². The molecule has 0 aromatic rings. The summed E-state index contributed by atoms with van der Waals surface area (Å²) in [5, 5.41) is 58.7. The molecule has 1 saturated heterocycles. The van der Waals surface area contributed by atoms with E-state index in [-0.39, 0.29) is 26.2 Å². The number of halogens is 2. The number of hydrogen-bond acceptors (Lipinski definition) is 15. The Morgan fingerprint density at radius 1 is 1.21 bits per heavy atom. The molecule has 14 N–H and O–H groups in total. The Labute approximate surface area is 247 Å². The number of nitrogens with two attached hydrogens (primary N) is 3. The van der Waals surface area contributed by atoms with Crippen LogP contribution in [0.2, 0.25) is 0 Å². The van der Waals surface area contributed by atoms with Gasteiger partial charge in [0.15, 0.2) is 12.4 Å². The van der Waals surface area contributed by atoms with Gasteiger partial charge in [-0.1, -0.05) is 0 Å². The maximum absolute atomic E-state index is 14.0. The van der Waals surface area contributed by atoms with Crippen LogP contribution in [0, 0.1) is 0 Å². The molecule has 2 fully saturated rings. The number of rotatable bonds is 13. The number of amides is 1. The molecule has 0 bridgehead atoms. The van der Waals surface area contributed by atoms with E-state index in [9.17, 15) is 34.0 Å². The molecule has 2 unspecified atom stereocenters. The van der Waals surface area contributed by atoms with Crippen molar-refractivity contribution in [3.05, 3.63) is 23.7 Å². The molecule has 0 aromatic carbocycles. The van der Waals surface area contributed by atoms with E-state index >= 15 is 0 Å². The number of carbonyl (C=O) groups excluding carboxylic acids is 1. The second-order valence-corrected chi connectivity index (χ2v) is 10.7. The van der Waals surface area contributed by atoms with Crippen molar-refractivity contribution in [3.8, 4) is 0 Å². The highest BCUT2D eigenvalue weighted by atomic mass is 19.3. The highest BCUT2D eigenvalue weighted by Gasteiger charge is 2.51. The van der Waals surface area contributed by atoms with E-state index in [1.165, 1.54) is 7.05 Å². The highest BCUT2D eigenvalue weighted by Crippen LogP contribution is 2.31. The van der Waals surface area contributed by atoms with Gasteiger partial charge in [-0.3, -0.25) is 4.79 Å². The molecular weight excluding hydrogens is 582 g/mol. The van der Waals surface area contributed by atoms with Gasteiger partial charge in [0.1, 0.15) is 30.2 Å². The molecule has 248 valence electrons. The number of aliphatic hydroxyl groups is 5. The van der Waals surface area contributed by atoms with Crippen molar-refractivity contribution in [2.24, 2.45) is 17.2 Å². The number of carbonyl (C=O) groups is 1. The standard InChI is InChI=1S/C25H44F2N6O10/c1-31-16-11(8-35)9-40-24(17(16)36)43-20-15(33-22(39)21(38)25(26,27)10-28)6-14(30)19(18(20)37)42-23-13(29)3-2-12(41-23)7-32-4-5-34/h2,8,13-21,23-24,31-32,34-38H,3-7,9-10,28-30H2,1H3,(H,33,39)/b11-8-/t13-,14+,15-,16+,17-,18+,19?,20+,21?,23-,24-/m1/s1. The van der Waals surface area contributed by atoms with Crippen LogP contribution in [0.5, 0.6) is 0 Å². The minimum Gasteiger partial charge on any atom is -0.515 e. The Morgan fingerprint density at radius 3 is 2.53 bits per heavy atom. The van der Waals surface area contributed by atoms with E-state index < -0.39 is 85.6 Å². The quantitative estimate of drug-likeness (QED) is 0.0680. The van der Waals surface area contributed by atoms with Crippen molar-refractivity contribution >= 4 is 5.91 Å². The third-order valence-corrected chi connectivity index (χ3v) is 7.58. The van der Waals surface area contributed by atoms with Crippen molar-refractivity contribution in [1.82, 2.24) is 16.0 Å². The van der Waals surface area contributed by atoms with Crippen LogP contribution in [-0.4, -0.2) is 145 Å². The summed E-state index contributed by atoms with van der Waals surface area (Å²) in [7, 11) is 1.52. The Bertz CT molecular complexity index is 981. The SMILES string of the molecule is CN[C@H]1/C(=C\O)CO[C@H](O[C@H]2[C@H](NC(=O)C(O)C(F)(F)CN)C[C@H](N)C(O[C@H]3OC(CNCCO)=CC[C@H]3N)[C@@H]2O)[C@@H]1O. The molecule has 0 aromatic heterocycles. The van der Waals surface area contributed by atoms with Crippen molar-refractivity contribution in [3.63, 3.8) is 0 Å². The number of aliphatic hydroxyl groups excluding tert-OH is 5. The van der Waals surface area contributed by atoms with Crippen molar-refractivity contribution in [2.45, 2.75) is 86.0 Å². The summed E-state index contributed by atoms with van der Waals surface area (Å²) < 4.78 is 51.3. The summed E-state index contributed by atoms with van der Waals surface area (Å²) in [4.78, 5) is 12.6. The van der Waals surface area contributed by atoms with Crippen LogP contribution < -0.4 is 33.2 Å². The zero-order valence-corrected chi connectivity index (χ0v) is 23.7. The molecule has 0 radical (unpaired) electrons. The number of alkyl halides is 2. The van der Waals surface area contributed by atoms with Crippen LogP contribution in [-0.2, 0) is 23.7 Å². The highest BCUT2D eigenvalue weighted by molar-refractivity contribution is 5.82. The molecule has 3 aliphatic rings. The molecule has 2 heterocycles. The van der Waals surface area contributed by atoms with Crippen LogP contribution in [0.1, 0.15) is 12.8 Å². The summed E-state index contributed by atoms with van der Waals surface area (Å²) in [6.07, 6.45) is -8.37. The molecular formula is C25H44F2N6O10. The minimum absolute atomic E-state index is 0.0814. The predicted molar refractivity (Wildman–Crippen MR) is 145 cm³/mol. The number of hydrogen-bond donors (Lipinski definition) is 11. The van der Waals surface area contributed by atoms with Gasteiger partial charge in [-0.15, -0.1) is 0 Å². The molecule has 43 heavy (non-hydrogen) atoms. The lowest BCUT2D eigenvalue weighted by atomic mass is 9.83. The van der Waals surface area contributed by atoms with Crippen LogP contribution >= 0.6 is 0 Å². The van der Waals surface area contributed by atoms with E-state index in [0.717, 1.165) is 6.26 Å². The topological polar surface area (TPSA) is 269 Å². The van der Waals surface area contributed by atoms with Gasteiger partial charge in [-0.2, -0.15) is 0 Å². The summed E-state index contributed by atoms with van der Waals surface area (Å²) in [6.45, 7) is -0.958. The van der Waals surface area contributed by atoms with Crippen LogP contribution in [0.3, 0.4) is 0 Å². The number of likely N-dealkylation sites (N-methyl/N-ethyl adjacent to an activating group) is 1. The Morgan fingerprint density at radius 2 is 1.91 bits per heavy atom. The van der Waals surface area contributed by atoms with Gasteiger partial charge in [0.2, 0.25) is 6.29 Å². The summed E-state index contributed by atoms with van der Waals surface area (Å²) in [5.41, 5.74) is 17.8. The molecule has 2 aliphatic heterocycles. The second kappa shape index (κ2) is 15.8. The lowest BCUT2D eigenvalue weighted by Gasteiger charge is -2.47. The van der Waals surface area contributed by atoms with E-state index in [1.54, 1.807) is 6.08 Å². The molecule has 1 saturated carbocycles. The lowest BCUT2D eigenvalue weighted by molar-refractivity contribution is -0.275. The molecule has 16 nitrogen and oxygen atoms in total. The van der Waals surface area contributed by atoms with Gasteiger partial charge in [0.05, 0.1) is 50.7 Å². The van der Waals surface area contributed by atoms with Gasteiger partial charge in [0.25, 0.3) is 11.8 Å². The van der Waals surface area contributed by atoms with Gasteiger partial charge >= 0.3 is 0 Å². The maximum atomic E-state index is 14.0. The predicted octanol–water partition coefficient (Wildman–Crippen LogP) is -4.42. The fourth-order valence-corrected chi connectivity index (χ4v) is 5.15. The monoisotopic (exact) mass is 626 g/mol. The third-order valence-electron chi connectivity index (χ3n) is 7.58. The van der Waals surface area contributed by atoms with Crippen LogP contribution in [0.4, 0.5) is 8.78 Å². The summed E-state index contributed by atoms with van der Waals surface area (Å²) in [6, 6.07) is -3.75. The normalized spacial score (nSPS) is 37.0. The van der Waals surface area contributed by atoms with Gasteiger partial charge < -0.3 is 77.6 Å². The average molecular weight is 627 g/mol. The van der Waals surface area contributed by atoms with E-state index in [2.05, 4.69) is 16.0 Å².